The first-order valence-corrected chi connectivity index (χ1v) is 18.5. The fourth-order valence-electron chi connectivity index (χ4n) is 4.69. The molecule has 0 radical (unpaired) electrons. The predicted octanol–water partition coefficient (Wildman–Crippen LogP) is 11.4. The minimum absolute atomic E-state index is 0.594. The Morgan fingerprint density at radius 3 is 1.29 bits per heavy atom. The number of nitrogens with zero attached hydrogens (tertiary/aromatic N) is 6. The van der Waals surface area contributed by atoms with Crippen LogP contribution in [0.15, 0.2) is 114 Å². The number of carbonyl (C=O) groups is 1. The number of aliphatic hydroxyl groups is 1. The summed E-state index contributed by atoms with van der Waals surface area (Å²) in [5.74, 6) is 0. The van der Waals surface area contributed by atoms with Crippen LogP contribution in [0.25, 0.3) is 44.8 Å². The molecule has 6 aromatic rings. The quantitative estimate of drug-likeness (QED) is 0.176. The number of halogens is 1. The van der Waals surface area contributed by atoms with Crippen LogP contribution in [-0.4, -0.2) is 40.9 Å². The van der Waals surface area contributed by atoms with Crippen molar-refractivity contribution in [3.8, 4) is 44.8 Å². The molecule has 0 saturated heterocycles. The highest BCUT2D eigenvalue weighted by Crippen LogP contribution is 2.37. The molecule has 8 nitrogen and oxygen atoms in total. The first kappa shape index (κ1) is 46.3. The molecule has 6 rings (SSSR count). The third-order valence-electron chi connectivity index (χ3n) is 6.50. The monoisotopic (exact) mass is 756 g/mol. The predicted molar refractivity (Wildman–Crippen MR) is 219 cm³/mol. The van der Waals surface area contributed by atoms with Gasteiger partial charge in [0, 0.05) is 61.1 Å². The molecule has 0 aliphatic rings. The number of aliphatic hydroxyl groups excluding tert-OH is 1. The molecular formula is C42H57BrN6O2. The summed E-state index contributed by atoms with van der Waals surface area (Å²) < 4.78 is 4.57. The van der Waals surface area contributed by atoms with Crippen molar-refractivity contribution in [2.45, 2.75) is 75.3 Å². The van der Waals surface area contributed by atoms with Crippen LogP contribution in [0.3, 0.4) is 0 Å². The van der Waals surface area contributed by atoms with Gasteiger partial charge in [-0.2, -0.15) is 10.2 Å². The number of rotatable bonds is 5. The lowest BCUT2D eigenvalue weighted by Gasteiger charge is -2.10. The molecule has 1 unspecified atom stereocenters. The van der Waals surface area contributed by atoms with Gasteiger partial charge in [-0.1, -0.05) is 116 Å². The maximum atomic E-state index is 10.1. The molecule has 2 aromatic carbocycles. The number of carbonyl (C=O) groups excluding carboxylic acids is 1. The van der Waals surface area contributed by atoms with Gasteiger partial charge in [0.2, 0.25) is 0 Å². The summed E-state index contributed by atoms with van der Waals surface area (Å²) in [5.41, 5.74) is 8.96. The maximum absolute atomic E-state index is 10.1. The van der Waals surface area contributed by atoms with E-state index in [-0.39, 0.29) is 0 Å². The smallest absolute Gasteiger partial charge is 0.116 e. The number of benzene rings is 2. The van der Waals surface area contributed by atoms with Crippen molar-refractivity contribution < 1.29 is 9.90 Å². The molecular weight excluding hydrogens is 700 g/mol. The number of pyridine rings is 2. The van der Waals surface area contributed by atoms with Crippen molar-refractivity contribution in [2.24, 2.45) is 14.1 Å². The van der Waals surface area contributed by atoms with E-state index in [9.17, 15) is 5.11 Å². The Kier molecular flexibility index (Phi) is 24.5. The SMILES string of the molecule is CC.CC.CC.CC.CC(O)c1c(-c2ccncc2)c(-c2ccccc2)nn1C.CC=O.Cn1nc(-c2ccccc2)c(-c2ccncc2)c1Br. The molecule has 0 bridgehead atoms. The van der Waals surface area contributed by atoms with E-state index in [1.54, 1.807) is 36.4 Å². The fraction of sp³-hybridized carbons (Fsp3) is 0.310. The molecule has 51 heavy (non-hydrogen) atoms. The van der Waals surface area contributed by atoms with E-state index in [4.69, 9.17) is 4.79 Å². The molecule has 9 heteroatoms. The first-order valence-electron chi connectivity index (χ1n) is 17.7. The van der Waals surface area contributed by atoms with Gasteiger partial charge in [0.05, 0.1) is 11.8 Å². The van der Waals surface area contributed by atoms with Crippen LogP contribution in [0, 0.1) is 0 Å². The van der Waals surface area contributed by atoms with Gasteiger partial charge in [-0.3, -0.25) is 19.3 Å². The summed E-state index contributed by atoms with van der Waals surface area (Å²) in [4.78, 5) is 16.9. The topological polar surface area (TPSA) is 98.7 Å². The number of aldehydes is 1. The Balaban J connectivity index is 0.000000773. The molecule has 0 fully saturated rings. The van der Waals surface area contributed by atoms with Crippen LogP contribution in [-0.2, 0) is 18.9 Å². The molecule has 1 atom stereocenters. The van der Waals surface area contributed by atoms with E-state index in [2.05, 4.69) is 48.2 Å². The number of aromatic nitrogens is 6. The van der Waals surface area contributed by atoms with Crippen LogP contribution in [0.2, 0.25) is 0 Å². The third-order valence-corrected chi connectivity index (χ3v) is 7.41. The van der Waals surface area contributed by atoms with Gasteiger partial charge in [-0.15, -0.1) is 0 Å². The largest absolute Gasteiger partial charge is 0.387 e. The summed E-state index contributed by atoms with van der Waals surface area (Å²) in [6.45, 7) is 19.2. The normalized spacial score (nSPS) is 9.76. The van der Waals surface area contributed by atoms with E-state index in [0.29, 0.717) is 0 Å². The highest BCUT2D eigenvalue weighted by atomic mass is 79.9. The van der Waals surface area contributed by atoms with Gasteiger partial charge in [-0.05, 0) is 65.2 Å². The van der Waals surface area contributed by atoms with Crippen molar-refractivity contribution in [1.82, 2.24) is 29.5 Å². The molecule has 1 N–H and O–H groups in total. The molecule has 0 spiro atoms. The van der Waals surface area contributed by atoms with Crippen molar-refractivity contribution in [3.05, 3.63) is 120 Å². The fourth-order valence-corrected chi connectivity index (χ4v) is 5.19. The summed E-state index contributed by atoms with van der Waals surface area (Å²) in [6.07, 6.45) is 7.25. The number of hydrogen-bond donors (Lipinski definition) is 1. The highest BCUT2D eigenvalue weighted by Gasteiger charge is 2.22. The van der Waals surface area contributed by atoms with Crippen molar-refractivity contribution >= 4 is 22.2 Å². The molecule has 0 aliphatic carbocycles. The number of aryl methyl sites for hydroxylation is 2. The molecule has 4 aromatic heterocycles. The second-order valence-corrected chi connectivity index (χ2v) is 10.2. The van der Waals surface area contributed by atoms with E-state index in [0.717, 1.165) is 61.4 Å². The van der Waals surface area contributed by atoms with Crippen LogP contribution >= 0.6 is 15.9 Å². The lowest BCUT2D eigenvalue weighted by atomic mass is 9.98. The first-order chi connectivity index (χ1) is 24.9. The van der Waals surface area contributed by atoms with E-state index < -0.39 is 6.10 Å². The van der Waals surface area contributed by atoms with Gasteiger partial charge in [-0.25, -0.2) is 0 Å². The maximum Gasteiger partial charge on any atom is 0.116 e. The Labute approximate surface area is 314 Å². The van der Waals surface area contributed by atoms with Gasteiger partial charge < -0.3 is 9.90 Å². The van der Waals surface area contributed by atoms with Crippen molar-refractivity contribution in [3.63, 3.8) is 0 Å². The van der Waals surface area contributed by atoms with Crippen LogP contribution in [0.1, 0.15) is 81.0 Å². The Bertz CT molecular complexity index is 1740. The standard InChI is InChI=1S/C17H17N3O.C15H12BrN3.C2H4O.4C2H6/c1-12(21)17-15(13-8-10-18-11-9-13)16(19-20(17)2)14-6-4-3-5-7-14;1-19-15(16)13(11-7-9-17-10-8-11)14(18-19)12-5-3-2-4-6-12;1-2-3;4*1-2/h3-12,21H,1-2H3;2-10H,1H3;2H,1H3;4*1-2H3. The highest BCUT2D eigenvalue weighted by molar-refractivity contribution is 9.10. The van der Waals surface area contributed by atoms with Crippen LogP contribution < -0.4 is 0 Å². The summed E-state index contributed by atoms with van der Waals surface area (Å²) >= 11 is 3.62. The van der Waals surface area contributed by atoms with Crippen molar-refractivity contribution in [1.29, 1.82) is 0 Å². The van der Waals surface area contributed by atoms with E-state index in [1.165, 1.54) is 6.92 Å². The molecule has 0 aliphatic heterocycles. The second-order valence-electron chi connectivity index (χ2n) is 9.49. The van der Waals surface area contributed by atoms with Crippen molar-refractivity contribution in [2.75, 3.05) is 0 Å². The molecule has 0 saturated carbocycles. The average molecular weight is 758 g/mol. The molecule has 274 valence electrons. The summed E-state index contributed by atoms with van der Waals surface area (Å²) in [7, 11) is 3.79. The minimum atomic E-state index is -0.594. The lowest BCUT2D eigenvalue weighted by Crippen LogP contribution is -2.03. The van der Waals surface area contributed by atoms with Crippen LogP contribution in [0.4, 0.5) is 0 Å². The summed E-state index contributed by atoms with van der Waals surface area (Å²) in [5, 5.41) is 19.4. The van der Waals surface area contributed by atoms with E-state index in [1.807, 2.05) is 147 Å². The third kappa shape index (κ3) is 13.5. The zero-order valence-electron chi connectivity index (χ0n) is 32.5. The van der Waals surface area contributed by atoms with Gasteiger partial charge in [0.25, 0.3) is 0 Å². The Hall–Kier alpha value is -4.73. The minimum Gasteiger partial charge on any atom is -0.387 e. The average Bonchev–Trinajstić information content (AvgIpc) is 3.72. The van der Waals surface area contributed by atoms with Gasteiger partial charge in [0.15, 0.2) is 0 Å². The number of hydrogen-bond acceptors (Lipinski definition) is 6. The second kappa shape index (κ2) is 27.1. The Morgan fingerprint density at radius 2 is 0.922 bits per heavy atom. The summed E-state index contributed by atoms with van der Waals surface area (Å²) in [6, 6.07) is 28.1. The van der Waals surface area contributed by atoms with Gasteiger partial charge >= 0.3 is 0 Å². The zero-order valence-corrected chi connectivity index (χ0v) is 34.0. The lowest BCUT2D eigenvalue weighted by molar-refractivity contribution is -0.106. The Morgan fingerprint density at radius 1 is 0.588 bits per heavy atom. The molecule has 0 amide bonds. The zero-order chi connectivity index (χ0) is 38.8. The van der Waals surface area contributed by atoms with E-state index >= 15 is 0 Å². The molecule has 4 heterocycles. The van der Waals surface area contributed by atoms with Gasteiger partial charge in [0.1, 0.15) is 22.3 Å². The van der Waals surface area contributed by atoms with Crippen LogP contribution in [0.5, 0.6) is 0 Å².